The molecule has 0 aliphatic rings. The van der Waals surface area contributed by atoms with Crippen molar-refractivity contribution in [2.75, 3.05) is 0 Å². The summed E-state index contributed by atoms with van der Waals surface area (Å²) in [6, 6.07) is 1.75. The normalized spacial score (nSPS) is 10.4. The van der Waals surface area contributed by atoms with Gasteiger partial charge in [-0.05, 0) is 6.07 Å². The first kappa shape index (κ1) is 8.49. The molecule has 0 saturated carbocycles. The predicted octanol–water partition coefficient (Wildman–Crippen LogP) is 0.508. The number of aromatic carboxylic acids is 1. The monoisotopic (exact) mass is 192 g/mol. The molecule has 0 amide bonds. The van der Waals surface area contributed by atoms with E-state index >= 15 is 0 Å². The van der Waals surface area contributed by atoms with Crippen LogP contribution in [0.3, 0.4) is 0 Å². The number of carboxylic acids is 1. The first-order valence-corrected chi connectivity index (χ1v) is 3.96. The summed E-state index contributed by atoms with van der Waals surface area (Å²) in [6.45, 7) is 0. The Bertz CT molecular complexity index is 458. The average Bonchev–Trinajstić information content (AvgIpc) is 2.70. The molecule has 0 aliphatic heterocycles. The minimum Gasteiger partial charge on any atom is -0.476 e. The van der Waals surface area contributed by atoms with E-state index in [2.05, 4.69) is 15.2 Å². The van der Waals surface area contributed by atoms with Crippen LogP contribution in [0, 0.1) is 0 Å². The molecule has 0 spiro atoms. The van der Waals surface area contributed by atoms with Crippen LogP contribution in [0.25, 0.3) is 11.3 Å². The highest BCUT2D eigenvalue weighted by molar-refractivity contribution is 5.92. The van der Waals surface area contributed by atoms with Gasteiger partial charge in [0.25, 0.3) is 0 Å². The van der Waals surface area contributed by atoms with Crippen LogP contribution < -0.4 is 0 Å². The lowest BCUT2D eigenvalue weighted by molar-refractivity contribution is 0.0690. The summed E-state index contributed by atoms with van der Waals surface area (Å²) in [6.07, 6.45) is 3.38. The van der Waals surface area contributed by atoms with Gasteiger partial charge in [-0.15, -0.1) is 5.10 Å². The van der Waals surface area contributed by atoms with Gasteiger partial charge in [-0.3, -0.25) is 0 Å². The molecule has 0 fully saturated rings. The zero-order valence-electron chi connectivity index (χ0n) is 7.43. The lowest BCUT2D eigenvalue weighted by Crippen LogP contribution is -2.00. The van der Waals surface area contributed by atoms with Gasteiger partial charge < -0.3 is 10.1 Å². The number of nitrogens with zero attached hydrogens (tertiary/aromatic N) is 3. The fourth-order valence-electron chi connectivity index (χ4n) is 1.22. The molecule has 2 heterocycles. The minimum absolute atomic E-state index is 0.0351. The zero-order valence-corrected chi connectivity index (χ0v) is 7.43. The predicted molar refractivity (Wildman–Crippen MR) is 47.7 cm³/mol. The van der Waals surface area contributed by atoms with E-state index in [0.29, 0.717) is 5.69 Å². The molecule has 0 saturated heterocycles. The van der Waals surface area contributed by atoms with Crippen LogP contribution in [0.15, 0.2) is 18.5 Å². The second kappa shape index (κ2) is 2.99. The summed E-state index contributed by atoms with van der Waals surface area (Å²) in [5.41, 5.74) is 1.06. The molecule has 6 nitrogen and oxygen atoms in total. The van der Waals surface area contributed by atoms with Gasteiger partial charge in [0.1, 0.15) is 5.69 Å². The van der Waals surface area contributed by atoms with Gasteiger partial charge in [0, 0.05) is 25.0 Å². The van der Waals surface area contributed by atoms with E-state index < -0.39 is 5.97 Å². The number of aromatic amines is 1. The van der Waals surface area contributed by atoms with E-state index in [1.807, 2.05) is 0 Å². The third-order valence-corrected chi connectivity index (χ3v) is 1.79. The van der Waals surface area contributed by atoms with E-state index in [4.69, 9.17) is 5.11 Å². The van der Waals surface area contributed by atoms with E-state index in [9.17, 15) is 4.79 Å². The van der Waals surface area contributed by atoms with Crippen molar-refractivity contribution in [1.29, 1.82) is 0 Å². The third-order valence-electron chi connectivity index (χ3n) is 1.79. The Morgan fingerprint density at radius 3 is 2.93 bits per heavy atom. The van der Waals surface area contributed by atoms with Crippen molar-refractivity contribution in [3.8, 4) is 11.3 Å². The minimum atomic E-state index is -1.07. The van der Waals surface area contributed by atoms with Crippen LogP contribution in [-0.2, 0) is 7.05 Å². The molecule has 2 aromatic heterocycles. The number of nitrogens with one attached hydrogen (secondary N) is 1. The van der Waals surface area contributed by atoms with Crippen LogP contribution in [0.2, 0.25) is 0 Å². The molecular weight excluding hydrogens is 184 g/mol. The first-order chi connectivity index (χ1) is 6.68. The highest BCUT2D eigenvalue weighted by Crippen LogP contribution is 2.18. The van der Waals surface area contributed by atoms with Crippen molar-refractivity contribution < 1.29 is 9.90 Å². The largest absolute Gasteiger partial charge is 0.476 e. The number of H-pyrrole nitrogens is 1. The number of aryl methyl sites for hydroxylation is 1. The molecule has 2 aromatic rings. The summed E-state index contributed by atoms with van der Waals surface area (Å²) in [4.78, 5) is 14.9. The summed E-state index contributed by atoms with van der Waals surface area (Å²) in [5, 5.41) is 16.6. The van der Waals surface area contributed by atoms with Crippen molar-refractivity contribution in [3.63, 3.8) is 0 Å². The molecule has 0 atom stereocenters. The molecule has 0 aromatic carbocycles. The SMILES string of the molecule is Cn1nc(C(=O)O)c(-c2cc[nH]c2)n1. The fraction of sp³-hybridized carbons (Fsp3) is 0.125. The van der Waals surface area contributed by atoms with Crippen LogP contribution >= 0.6 is 0 Å². The molecule has 0 radical (unpaired) electrons. The molecule has 6 heteroatoms. The Morgan fingerprint density at radius 1 is 1.57 bits per heavy atom. The van der Waals surface area contributed by atoms with Gasteiger partial charge in [-0.25, -0.2) is 4.79 Å². The maximum absolute atomic E-state index is 10.8. The first-order valence-electron chi connectivity index (χ1n) is 3.96. The van der Waals surface area contributed by atoms with E-state index in [1.54, 1.807) is 25.5 Å². The van der Waals surface area contributed by atoms with Gasteiger partial charge in [-0.1, -0.05) is 0 Å². The van der Waals surface area contributed by atoms with Crippen LogP contribution in [0.1, 0.15) is 10.5 Å². The second-order valence-electron chi connectivity index (χ2n) is 2.79. The standard InChI is InChI=1S/C8H8N4O2/c1-12-10-6(5-2-3-9-4-5)7(11-12)8(13)14/h2-4,9H,1H3,(H,13,14). The molecule has 0 bridgehead atoms. The Balaban J connectivity index is 2.58. The van der Waals surface area contributed by atoms with Gasteiger partial charge >= 0.3 is 5.97 Å². The Morgan fingerprint density at radius 2 is 2.36 bits per heavy atom. The Hall–Kier alpha value is -2.11. The average molecular weight is 192 g/mol. The maximum Gasteiger partial charge on any atom is 0.358 e. The van der Waals surface area contributed by atoms with Crippen molar-refractivity contribution in [2.45, 2.75) is 0 Å². The van der Waals surface area contributed by atoms with Crippen molar-refractivity contribution in [2.24, 2.45) is 7.05 Å². The topological polar surface area (TPSA) is 83.8 Å². The summed E-state index contributed by atoms with van der Waals surface area (Å²) < 4.78 is 0. The fourth-order valence-corrected chi connectivity index (χ4v) is 1.22. The number of aromatic nitrogens is 4. The van der Waals surface area contributed by atoms with Gasteiger partial charge in [0.15, 0.2) is 5.69 Å². The molecule has 14 heavy (non-hydrogen) atoms. The van der Waals surface area contributed by atoms with E-state index in [-0.39, 0.29) is 5.69 Å². The lowest BCUT2D eigenvalue weighted by Gasteiger charge is -1.90. The van der Waals surface area contributed by atoms with Crippen molar-refractivity contribution in [1.82, 2.24) is 20.0 Å². The Labute approximate surface area is 79.2 Å². The molecule has 2 N–H and O–H groups in total. The molecule has 0 unspecified atom stereocenters. The number of rotatable bonds is 2. The van der Waals surface area contributed by atoms with Gasteiger partial charge in [0.05, 0.1) is 0 Å². The van der Waals surface area contributed by atoms with Crippen LogP contribution in [-0.4, -0.2) is 31.1 Å². The third kappa shape index (κ3) is 1.26. The zero-order chi connectivity index (χ0) is 10.1. The summed E-state index contributed by atoms with van der Waals surface area (Å²) in [5.74, 6) is -1.07. The molecule has 0 aliphatic carbocycles. The molecular formula is C8H8N4O2. The second-order valence-corrected chi connectivity index (χ2v) is 2.79. The van der Waals surface area contributed by atoms with Gasteiger partial charge in [-0.2, -0.15) is 9.90 Å². The van der Waals surface area contributed by atoms with Crippen molar-refractivity contribution >= 4 is 5.97 Å². The van der Waals surface area contributed by atoms with Crippen molar-refractivity contribution in [3.05, 3.63) is 24.2 Å². The van der Waals surface area contributed by atoms with E-state index in [0.717, 1.165) is 5.56 Å². The number of hydrogen-bond donors (Lipinski definition) is 2. The highest BCUT2D eigenvalue weighted by atomic mass is 16.4. The smallest absolute Gasteiger partial charge is 0.358 e. The lowest BCUT2D eigenvalue weighted by atomic mass is 10.2. The quantitative estimate of drug-likeness (QED) is 0.726. The van der Waals surface area contributed by atoms with E-state index in [1.165, 1.54) is 4.80 Å². The summed E-state index contributed by atoms with van der Waals surface area (Å²) >= 11 is 0. The van der Waals surface area contributed by atoms with Crippen LogP contribution in [0.4, 0.5) is 0 Å². The highest BCUT2D eigenvalue weighted by Gasteiger charge is 2.18. The molecule has 2 rings (SSSR count). The number of hydrogen-bond acceptors (Lipinski definition) is 3. The molecule has 72 valence electrons. The van der Waals surface area contributed by atoms with Crippen LogP contribution in [0.5, 0.6) is 0 Å². The maximum atomic E-state index is 10.8. The number of carbonyl (C=O) groups is 1. The Kier molecular flexibility index (Phi) is 1.81. The van der Waals surface area contributed by atoms with Gasteiger partial charge in [0.2, 0.25) is 0 Å². The summed E-state index contributed by atoms with van der Waals surface area (Å²) in [7, 11) is 1.59. The number of carboxylic acid groups (broad SMARTS) is 1.